The normalized spacial score (nSPS) is 33.5. The van der Waals surface area contributed by atoms with Crippen molar-refractivity contribution in [2.75, 3.05) is 44.7 Å². The lowest BCUT2D eigenvalue weighted by Gasteiger charge is -2.25. The smallest absolute Gasteiger partial charge is 0.191 e. The molecule has 5 nitrogen and oxygen atoms in total. The second kappa shape index (κ2) is 8.08. The Hall–Kier alpha value is -0.460. The lowest BCUT2D eigenvalue weighted by atomic mass is 10.0. The van der Waals surface area contributed by atoms with Crippen molar-refractivity contribution in [2.45, 2.75) is 50.2 Å². The van der Waals surface area contributed by atoms with E-state index in [0.29, 0.717) is 12.6 Å². The van der Waals surface area contributed by atoms with Crippen molar-refractivity contribution in [2.24, 2.45) is 10.9 Å². The number of aliphatic imine (C=N–C) groups is 1. The van der Waals surface area contributed by atoms with E-state index in [2.05, 4.69) is 20.5 Å². The standard InChI is InChI=1S/C17H32N4OS/c1-18-16(19-12-17(22)7-9-23-13-17)20-15-6-8-21(11-15)10-14-4-2-3-5-14/h14-15,22H,2-13H2,1H3,(H2,18,19,20). The van der Waals surface area contributed by atoms with Gasteiger partial charge in [0, 0.05) is 45.0 Å². The summed E-state index contributed by atoms with van der Waals surface area (Å²) in [5.74, 6) is 3.65. The highest BCUT2D eigenvalue weighted by atomic mass is 32.2. The SMILES string of the molecule is CN=C(NCC1(O)CCSC1)NC1CCN(CC2CCCC2)C1. The molecule has 0 radical (unpaired) electrons. The minimum absolute atomic E-state index is 0.482. The molecular formula is C17H32N4OS. The largest absolute Gasteiger partial charge is 0.387 e. The van der Waals surface area contributed by atoms with Gasteiger partial charge in [0.05, 0.1) is 5.60 Å². The highest BCUT2D eigenvalue weighted by Gasteiger charge is 2.32. The Balaban J connectivity index is 1.39. The molecule has 0 amide bonds. The maximum atomic E-state index is 10.4. The van der Waals surface area contributed by atoms with E-state index in [1.165, 1.54) is 45.2 Å². The lowest BCUT2D eigenvalue weighted by Crippen LogP contribution is -2.50. The average Bonchev–Trinajstić information content (AvgIpc) is 3.28. The number of hydrogen-bond donors (Lipinski definition) is 3. The molecule has 0 aromatic heterocycles. The number of nitrogens with zero attached hydrogens (tertiary/aromatic N) is 2. The van der Waals surface area contributed by atoms with Crippen LogP contribution in [0, 0.1) is 5.92 Å². The zero-order valence-corrected chi connectivity index (χ0v) is 15.2. The van der Waals surface area contributed by atoms with E-state index in [1.807, 2.05) is 18.8 Å². The first-order valence-corrected chi connectivity index (χ1v) is 10.3. The van der Waals surface area contributed by atoms with E-state index in [0.717, 1.165) is 36.3 Å². The van der Waals surface area contributed by atoms with Gasteiger partial charge in [-0.2, -0.15) is 11.8 Å². The Morgan fingerprint density at radius 2 is 2.17 bits per heavy atom. The molecule has 0 aromatic rings. The van der Waals surface area contributed by atoms with E-state index in [1.54, 1.807) is 0 Å². The predicted octanol–water partition coefficient (Wildman–Crippen LogP) is 1.28. The van der Waals surface area contributed by atoms with Gasteiger partial charge in [-0.1, -0.05) is 12.8 Å². The van der Waals surface area contributed by atoms with E-state index < -0.39 is 5.60 Å². The van der Waals surface area contributed by atoms with Crippen molar-refractivity contribution in [3.63, 3.8) is 0 Å². The van der Waals surface area contributed by atoms with Crippen molar-refractivity contribution >= 4 is 17.7 Å². The van der Waals surface area contributed by atoms with Crippen LogP contribution in [-0.2, 0) is 0 Å². The van der Waals surface area contributed by atoms with E-state index >= 15 is 0 Å². The first kappa shape index (κ1) is 17.4. The number of rotatable bonds is 5. The second-order valence-electron chi connectivity index (χ2n) is 7.49. The Morgan fingerprint density at radius 1 is 1.35 bits per heavy atom. The van der Waals surface area contributed by atoms with E-state index in [-0.39, 0.29) is 0 Å². The second-order valence-corrected chi connectivity index (χ2v) is 8.60. The van der Waals surface area contributed by atoms with Gasteiger partial charge in [-0.3, -0.25) is 4.99 Å². The molecule has 2 atom stereocenters. The molecule has 2 saturated heterocycles. The van der Waals surface area contributed by atoms with Crippen LogP contribution in [0.25, 0.3) is 0 Å². The highest BCUT2D eigenvalue weighted by Crippen LogP contribution is 2.27. The third-order valence-electron chi connectivity index (χ3n) is 5.50. The molecule has 3 rings (SSSR count). The minimum atomic E-state index is -0.563. The van der Waals surface area contributed by atoms with Gasteiger partial charge in [-0.15, -0.1) is 0 Å². The molecule has 2 heterocycles. The molecule has 6 heteroatoms. The van der Waals surface area contributed by atoms with Gasteiger partial charge in [-0.05, 0) is 37.4 Å². The fraction of sp³-hybridized carbons (Fsp3) is 0.941. The van der Waals surface area contributed by atoms with Gasteiger partial charge in [0.2, 0.25) is 0 Å². The first-order chi connectivity index (χ1) is 11.2. The average molecular weight is 341 g/mol. The molecule has 3 fully saturated rings. The molecule has 1 aliphatic carbocycles. The molecule has 2 aliphatic heterocycles. The van der Waals surface area contributed by atoms with Gasteiger partial charge in [0.25, 0.3) is 0 Å². The summed E-state index contributed by atoms with van der Waals surface area (Å²) in [4.78, 5) is 6.94. The summed E-state index contributed by atoms with van der Waals surface area (Å²) in [6, 6.07) is 0.482. The fourth-order valence-electron chi connectivity index (χ4n) is 4.05. The van der Waals surface area contributed by atoms with Crippen LogP contribution in [0.1, 0.15) is 38.5 Å². The number of thioether (sulfide) groups is 1. The number of nitrogens with one attached hydrogen (secondary N) is 2. The van der Waals surface area contributed by atoms with Crippen molar-refractivity contribution < 1.29 is 5.11 Å². The number of hydrogen-bond acceptors (Lipinski definition) is 4. The lowest BCUT2D eigenvalue weighted by molar-refractivity contribution is 0.0724. The van der Waals surface area contributed by atoms with Crippen molar-refractivity contribution in [3.8, 4) is 0 Å². The summed E-state index contributed by atoms with van der Waals surface area (Å²) in [6.45, 7) is 4.20. The molecule has 132 valence electrons. The van der Waals surface area contributed by atoms with Gasteiger partial charge >= 0.3 is 0 Å². The monoisotopic (exact) mass is 340 g/mol. The third kappa shape index (κ3) is 5.00. The van der Waals surface area contributed by atoms with Gasteiger partial charge in [0.15, 0.2) is 5.96 Å². The summed E-state index contributed by atoms with van der Waals surface area (Å²) in [7, 11) is 1.81. The number of likely N-dealkylation sites (tertiary alicyclic amines) is 1. The van der Waals surface area contributed by atoms with E-state index in [9.17, 15) is 5.11 Å². The summed E-state index contributed by atoms with van der Waals surface area (Å²) in [6.07, 6.45) is 7.77. The number of aliphatic hydroxyl groups is 1. The quantitative estimate of drug-likeness (QED) is 0.520. The van der Waals surface area contributed by atoms with Crippen molar-refractivity contribution in [1.82, 2.24) is 15.5 Å². The fourth-order valence-corrected chi connectivity index (χ4v) is 5.34. The highest BCUT2D eigenvalue weighted by molar-refractivity contribution is 7.99. The Labute approximate surface area is 144 Å². The summed E-state index contributed by atoms with van der Waals surface area (Å²) >= 11 is 1.83. The molecule has 0 spiro atoms. The van der Waals surface area contributed by atoms with Crippen molar-refractivity contribution in [3.05, 3.63) is 0 Å². The maximum Gasteiger partial charge on any atom is 0.191 e. The Bertz CT molecular complexity index is 405. The Morgan fingerprint density at radius 3 is 2.87 bits per heavy atom. The zero-order chi connectivity index (χ0) is 16.1. The van der Waals surface area contributed by atoms with Gasteiger partial charge < -0.3 is 20.6 Å². The van der Waals surface area contributed by atoms with Crippen LogP contribution in [0.15, 0.2) is 4.99 Å². The Kier molecular flexibility index (Phi) is 6.10. The molecule has 0 bridgehead atoms. The molecule has 2 unspecified atom stereocenters. The van der Waals surface area contributed by atoms with Crippen LogP contribution in [0.4, 0.5) is 0 Å². The zero-order valence-electron chi connectivity index (χ0n) is 14.4. The van der Waals surface area contributed by atoms with Gasteiger partial charge in [-0.25, -0.2) is 0 Å². The summed E-state index contributed by atoms with van der Waals surface area (Å²) in [5.41, 5.74) is -0.563. The molecule has 23 heavy (non-hydrogen) atoms. The van der Waals surface area contributed by atoms with Crippen LogP contribution in [0.3, 0.4) is 0 Å². The van der Waals surface area contributed by atoms with Crippen LogP contribution in [-0.4, -0.2) is 72.3 Å². The summed E-state index contributed by atoms with van der Waals surface area (Å²) in [5, 5.41) is 17.3. The molecular weight excluding hydrogens is 308 g/mol. The van der Waals surface area contributed by atoms with Crippen LogP contribution in [0.2, 0.25) is 0 Å². The predicted molar refractivity (Wildman–Crippen MR) is 98.2 cm³/mol. The maximum absolute atomic E-state index is 10.4. The molecule has 1 saturated carbocycles. The van der Waals surface area contributed by atoms with Crippen LogP contribution < -0.4 is 10.6 Å². The molecule has 3 N–H and O–H groups in total. The number of guanidine groups is 1. The van der Waals surface area contributed by atoms with Crippen LogP contribution >= 0.6 is 11.8 Å². The minimum Gasteiger partial charge on any atom is -0.387 e. The van der Waals surface area contributed by atoms with E-state index in [4.69, 9.17) is 0 Å². The third-order valence-corrected chi connectivity index (χ3v) is 6.73. The van der Waals surface area contributed by atoms with Gasteiger partial charge in [0.1, 0.15) is 0 Å². The first-order valence-electron chi connectivity index (χ1n) is 9.16. The topological polar surface area (TPSA) is 59.9 Å². The molecule has 0 aromatic carbocycles. The van der Waals surface area contributed by atoms with Crippen molar-refractivity contribution in [1.29, 1.82) is 0 Å². The van der Waals surface area contributed by atoms with Crippen LogP contribution in [0.5, 0.6) is 0 Å². The summed E-state index contributed by atoms with van der Waals surface area (Å²) < 4.78 is 0. The molecule has 3 aliphatic rings.